The van der Waals surface area contributed by atoms with Crippen LogP contribution in [0.15, 0.2) is 4.99 Å². The summed E-state index contributed by atoms with van der Waals surface area (Å²) in [5, 5.41) is 0. The van der Waals surface area contributed by atoms with Crippen LogP contribution in [0.2, 0.25) is 0 Å². The molecule has 0 bridgehead atoms. The average molecular weight is 212 g/mol. The lowest BCUT2D eigenvalue weighted by molar-refractivity contribution is 0.0562. The van der Waals surface area contributed by atoms with Crippen LogP contribution in [0.25, 0.3) is 0 Å². The number of hydrogen-bond acceptors (Lipinski definition) is 3. The summed E-state index contributed by atoms with van der Waals surface area (Å²) in [7, 11) is 0. The Hall–Kier alpha value is -0.520. The van der Waals surface area contributed by atoms with E-state index in [0.717, 1.165) is 6.61 Å². The molecule has 0 aliphatic rings. The highest BCUT2D eigenvalue weighted by Crippen LogP contribution is 1.78. The second-order valence-electron chi connectivity index (χ2n) is 2.12. The third-order valence-electron chi connectivity index (χ3n) is 1.11. The van der Waals surface area contributed by atoms with Gasteiger partial charge in [0.15, 0.2) is 5.96 Å². The molecule has 0 aromatic rings. The third-order valence-corrected chi connectivity index (χ3v) is 1.11. The predicted octanol–water partition coefficient (Wildman–Crippen LogP) is -0.265. The van der Waals surface area contributed by atoms with Gasteiger partial charge in [0.05, 0.1) is 26.4 Å². The van der Waals surface area contributed by atoms with Crippen molar-refractivity contribution in [3.63, 3.8) is 0 Å². The second kappa shape index (κ2) is 11.5. The van der Waals surface area contributed by atoms with E-state index in [-0.39, 0.29) is 18.4 Å². The Morgan fingerprint density at radius 1 is 1.15 bits per heavy atom. The zero-order valence-electron chi connectivity index (χ0n) is 7.86. The van der Waals surface area contributed by atoms with Crippen LogP contribution >= 0.6 is 12.4 Å². The highest BCUT2D eigenvalue weighted by atomic mass is 35.5. The van der Waals surface area contributed by atoms with Crippen molar-refractivity contribution in [1.29, 1.82) is 0 Å². The van der Waals surface area contributed by atoms with Crippen LogP contribution < -0.4 is 11.5 Å². The van der Waals surface area contributed by atoms with Crippen LogP contribution in [-0.2, 0) is 9.47 Å². The van der Waals surface area contributed by atoms with Crippen LogP contribution in [0.1, 0.15) is 6.92 Å². The summed E-state index contributed by atoms with van der Waals surface area (Å²) in [6, 6.07) is 0. The molecule has 0 atom stereocenters. The SMILES string of the molecule is CCOCCOCCN=C(N)N.Cl. The van der Waals surface area contributed by atoms with E-state index in [4.69, 9.17) is 20.9 Å². The minimum Gasteiger partial charge on any atom is -0.379 e. The summed E-state index contributed by atoms with van der Waals surface area (Å²) in [5.41, 5.74) is 10.2. The number of nitrogens with zero attached hydrogens (tertiary/aromatic N) is 1. The zero-order valence-corrected chi connectivity index (χ0v) is 8.68. The van der Waals surface area contributed by atoms with E-state index in [1.165, 1.54) is 0 Å². The van der Waals surface area contributed by atoms with Gasteiger partial charge in [-0.15, -0.1) is 12.4 Å². The Labute approximate surface area is 84.9 Å². The number of hydrogen-bond donors (Lipinski definition) is 2. The number of rotatable bonds is 7. The molecule has 5 nitrogen and oxygen atoms in total. The maximum Gasteiger partial charge on any atom is 0.185 e. The normalized spacial score (nSPS) is 9.00. The van der Waals surface area contributed by atoms with Gasteiger partial charge in [-0.2, -0.15) is 0 Å². The van der Waals surface area contributed by atoms with Crippen molar-refractivity contribution >= 4 is 18.4 Å². The van der Waals surface area contributed by atoms with E-state index in [0.29, 0.717) is 26.4 Å². The maximum absolute atomic E-state index is 5.14. The molecule has 0 saturated carbocycles. The molecule has 0 saturated heterocycles. The van der Waals surface area contributed by atoms with Gasteiger partial charge in [0, 0.05) is 6.61 Å². The smallest absolute Gasteiger partial charge is 0.185 e. The molecule has 0 heterocycles. The van der Waals surface area contributed by atoms with Crippen molar-refractivity contribution in [3.8, 4) is 0 Å². The van der Waals surface area contributed by atoms with Crippen molar-refractivity contribution in [2.75, 3.05) is 33.0 Å². The molecule has 0 aliphatic heterocycles. The molecule has 0 aromatic heterocycles. The van der Waals surface area contributed by atoms with Crippen LogP contribution in [0, 0.1) is 0 Å². The summed E-state index contributed by atoms with van der Waals surface area (Å²) >= 11 is 0. The van der Waals surface area contributed by atoms with E-state index < -0.39 is 0 Å². The summed E-state index contributed by atoms with van der Waals surface area (Å²) in [4.78, 5) is 3.75. The second-order valence-corrected chi connectivity index (χ2v) is 2.12. The highest BCUT2D eigenvalue weighted by Gasteiger charge is 1.87. The quantitative estimate of drug-likeness (QED) is 0.345. The molecule has 0 spiro atoms. The Morgan fingerprint density at radius 2 is 1.77 bits per heavy atom. The van der Waals surface area contributed by atoms with Gasteiger partial charge in [-0.1, -0.05) is 0 Å². The topological polar surface area (TPSA) is 82.9 Å². The summed E-state index contributed by atoms with van der Waals surface area (Å²) < 4.78 is 10.2. The van der Waals surface area contributed by atoms with Crippen molar-refractivity contribution in [3.05, 3.63) is 0 Å². The van der Waals surface area contributed by atoms with Gasteiger partial charge in [0.1, 0.15) is 0 Å². The van der Waals surface area contributed by atoms with Gasteiger partial charge in [-0.05, 0) is 6.92 Å². The molecule has 0 rings (SSSR count). The Bertz CT molecular complexity index is 129. The lowest BCUT2D eigenvalue weighted by Crippen LogP contribution is -2.23. The standard InChI is InChI=1S/C7H17N3O2.ClH/c1-2-11-5-6-12-4-3-10-7(8)9;/h2-6H2,1H3,(H4,8,9,10);1H. The maximum atomic E-state index is 5.14. The molecule has 0 aliphatic carbocycles. The fourth-order valence-corrected chi connectivity index (χ4v) is 0.604. The molecule has 0 aromatic carbocycles. The van der Waals surface area contributed by atoms with Gasteiger partial charge < -0.3 is 20.9 Å². The van der Waals surface area contributed by atoms with Crippen molar-refractivity contribution in [1.82, 2.24) is 0 Å². The number of halogens is 1. The van der Waals surface area contributed by atoms with Crippen LogP contribution in [0.3, 0.4) is 0 Å². The van der Waals surface area contributed by atoms with Crippen LogP contribution in [0.5, 0.6) is 0 Å². The monoisotopic (exact) mass is 211 g/mol. The first-order valence-electron chi connectivity index (χ1n) is 3.98. The molecule has 0 unspecified atom stereocenters. The minimum atomic E-state index is 0. The van der Waals surface area contributed by atoms with Crippen LogP contribution in [-0.4, -0.2) is 38.9 Å². The highest BCUT2D eigenvalue weighted by molar-refractivity contribution is 5.85. The Balaban J connectivity index is 0. The molecule has 0 fully saturated rings. The molecule has 6 heteroatoms. The molecule has 80 valence electrons. The number of ether oxygens (including phenoxy) is 2. The van der Waals surface area contributed by atoms with E-state index in [1.807, 2.05) is 6.92 Å². The number of nitrogens with two attached hydrogens (primary N) is 2. The van der Waals surface area contributed by atoms with Gasteiger partial charge in [0.2, 0.25) is 0 Å². The van der Waals surface area contributed by atoms with E-state index in [2.05, 4.69) is 4.99 Å². The largest absolute Gasteiger partial charge is 0.379 e. The molecule has 13 heavy (non-hydrogen) atoms. The molecule has 0 radical (unpaired) electrons. The van der Waals surface area contributed by atoms with Gasteiger partial charge in [0.25, 0.3) is 0 Å². The fourth-order valence-electron chi connectivity index (χ4n) is 0.604. The van der Waals surface area contributed by atoms with Crippen molar-refractivity contribution in [2.45, 2.75) is 6.92 Å². The molecular formula is C7H18ClN3O2. The molecule has 0 amide bonds. The van der Waals surface area contributed by atoms with Crippen molar-refractivity contribution in [2.24, 2.45) is 16.5 Å². The first kappa shape index (κ1) is 15.0. The first-order chi connectivity index (χ1) is 5.77. The summed E-state index contributed by atoms with van der Waals surface area (Å²) in [5.74, 6) is 0.100. The van der Waals surface area contributed by atoms with E-state index in [9.17, 15) is 0 Å². The number of aliphatic imine (C=N–C) groups is 1. The minimum absolute atomic E-state index is 0. The Morgan fingerprint density at radius 3 is 2.31 bits per heavy atom. The molecule has 4 N–H and O–H groups in total. The van der Waals surface area contributed by atoms with Gasteiger partial charge >= 0.3 is 0 Å². The Kier molecular flexibility index (Phi) is 13.2. The van der Waals surface area contributed by atoms with Crippen LogP contribution in [0.4, 0.5) is 0 Å². The summed E-state index contributed by atoms with van der Waals surface area (Å²) in [6.45, 7) is 4.92. The van der Waals surface area contributed by atoms with Gasteiger partial charge in [-0.3, -0.25) is 4.99 Å². The molecular weight excluding hydrogens is 194 g/mol. The lowest BCUT2D eigenvalue weighted by Gasteiger charge is -2.01. The summed E-state index contributed by atoms with van der Waals surface area (Å²) in [6.07, 6.45) is 0. The predicted molar refractivity (Wildman–Crippen MR) is 55.2 cm³/mol. The number of guanidine groups is 1. The average Bonchev–Trinajstić information content (AvgIpc) is 2.02. The van der Waals surface area contributed by atoms with Crippen molar-refractivity contribution < 1.29 is 9.47 Å². The first-order valence-corrected chi connectivity index (χ1v) is 3.98. The fraction of sp³-hybridized carbons (Fsp3) is 0.857. The van der Waals surface area contributed by atoms with Gasteiger partial charge in [-0.25, -0.2) is 0 Å². The lowest BCUT2D eigenvalue weighted by atomic mass is 10.7. The third kappa shape index (κ3) is 14.3. The van der Waals surface area contributed by atoms with E-state index in [1.54, 1.807) is 0 Å². The van der Waals surface area contributed by atoms with E-state index >= 15 is 0 Å². The zero-order chi connectivity index (χ0) is 9.23.